The molecule has 0 saturated carbocycles. The van der Waals surface area contributed by atoms with Crippen LogP contribution in [-0.4, -0.2) is 17.0 Å². The average molecular weight is 309 g/mol. The van der Waals surface area contributed by atoms with Crippen LogP contribution in [0.15, 0.2) is 42.5 Å². The highest BCUT2D eigenvalue weighted by Crippen LogP contribution is 2.23. The molecule has 2 aromatic carbocycles. The van der Waals surface area contributed by atoms with Crippen LogP contribution in [-0.2, 0) is 24.1 Å². The molecule has 118 valence electrons. The minimum Gasteiger partial charge on any atom is -0.481 e. The summed E-state index contributed by atoms with van der Waals surface area (Å²) in [5.74, 6) is -1.11. The molecule has 2 aromatic rings. The first kappa shape index (κ1) is 15.3. The van der Waals surface area contributed by atoms with Crippen LogP contribution in [0.4, 0.5) is 5.69 Å². The first-order valence-electron chi connectivity index (χ1n) is 7.86. The predicted molar refractivity (Wildman–Crippen MR) is 88.8 cm³/mol. The summed E-state index contributed by atoms with van der Waals surface area (Å²) in [6.07, 6.45) is 4.37. The molecule has 4 nitrogen and oxygen atoms in total. The number of benzene rings is 2. The Balaban J connectivity index is 1.81. The van der Waals surface area contributed by atoms with Gasteiger partial charge in [0.2, 0.25) is 0 Å². The van der Waals surface area contributed by atoms with E-state index in [1.54, 1.807) is 24.3 Å². The maximum Gasteiger partial charge on any atom is 0.307 e. The Morgan fingerprint density at radius 1 is 1.00 bits per heavy atom. The van der Waals surface area contributed by atoms with Crippen molar-refractivity contribution in [3.8, 4) is 0 Å². The maximum atomic E-state index is 12.5. The first-order valence-corrected chi connectivity index (χ1v) is 7.86. The zero-order chi connectivity index (χ0) is 16.2. The highest BCUT2D eigenvalue weighted by Gasteiger charge is 2.14. The number of hydrogen-bond donors (Lipinski definition) is 2. The molecule has 0 radical (unpaired) electrons. The number of fused-ring (bicyclic) bond motifs is 1. The van der Waals surface area contributed by atoms with Crippen LogP contribution in [0.2, 0.25) is 0 Å². The molecular formula is C19H19NO3. The topological polar surface area (TPSA) is 66.4 Å². The Morgan fingerprint density at radius 2 is 1.74 bits per heavy atom. The number of nitrogens with one attached hydrogen (secondary N) is 1. The molecule has 1 aliphatic carbocycles. The zero-order valence-electron chi connectivity index (χ0n) is 12.8. The summed E-state index contributed by atoms with van der Waals surface area (Å²) in [5.41, 5.74) is 4.36. The van der Waals surface area contributed by atoms with Crippen molar-refractivity contribution in [2.24, 2.45) is 0 Å². The number of para-hydroxylation sites is 1. The monoisotopic (exact) mass is 309 g/mol. The van der Waals surface area contributed by atoms with E-state index in [1.807, 2.05) is 18.2 Å². The second-order valence-electron chi connectivity index (χ2n) is 5.87. The lowest BCUT2D eigenvalue weighted by molar-refractivity contribution is -0.136. The lowest BCUT2D eigenvalue weighted by atomic mass is 9.90. The molecule has 0 aliphatic heterocycles. The van der Waals surface area contributed by atoms with Gasteiger partial charge in [-0.1, -0.05) is 24.3 Å². The van der Waals surface area contributed by atoms with Crippen LogP contribution in [0.1, 0.15) is 39.9 Å². The summed E-state index contributed by atoms with van der Waals surface area (Å²) in [6, 6.07) is 12.8. The molecule has 4 heteroatoms. The van der Waals surface area contributed by atoms with E-state index in [9.17, 15) is 9.59 Å². The number of rotatable bonds is 4. The molecule has 0 saturated heterocycles. The quantitative estimate of drug-likeness (QED) is 0.909. The fraction of sp³-hybridized carbons (Fsp3) is 0.263. The Kier molecular flexibility index (Phi) is 4.42. The van der Waals surface area contributed by atoms with Crippen molar-refractivity contribution >= 4 is 17.6 Å². The van der Waals surface area contributed by atoms with E-state index >= 15 is 0 Å². The summed E-state index contributed by atoms with van der Waals surface area (Å²) in [4.78, 5) is 23.4. The SMILES string of the molecule is O=C(O)Cc1ccccc1NC(=O)c1ccc2c(c1)CCCC2. The largest absolute Gasteiger partial charge is 0.481 e. The van der Waals surface area contributed by atoms with E-state index < -0.39 is 5.97 Å². The molecule has 0 fully saturated rings. The van der Waals surface area contributed by atoms with Gasteiger partial charge in [-0.25, -0.2) is 0 Å². The summed E-state index contributed by atoms with van der Waals surface area (Å²) in [7, 11) is 0. The van der Waals surface area contributed by atoms with E-state index in [-0.39, 0.29) is 12.3 Å². The predicted octanol–water partition coefficient (Wildman–Crippen LogP) is 3.44. The van der Waals surface area contributed by atoms with Gasteiger partial charge in [-0.3, -0.25) is 9.59 Å². The van der Waals surface area contributed by atoms with Crippen molar-refractivity contribution in [3.63, 3.8) is 0 Å². The third-order valence-corrected chi connectivity index (χ3v) is 4.22. The molecule has 0 atom stereocenters. The first-order chi connectivity index (χ1) is 11.1. The lowest BCUT2D eigenvalue weighted by Gasteiger charge is -2.16. The normalized spacial score (nSPS) is 13.2. The van der Waals surface area contributed by atoms with Crippen molar-refractivity contribution in [3.05, 3.63) is 64.7 Å². The number of carbonyl (C=O) groups is 2. The second-order valence-corrected chi connectivity index (χ2v) is 5.87. The minimum atomic E-state index is -0.916. The fourth-order valence-electron chi connectivity index (χ4n) is 3.03. The number of hydrogen-bond acceptors (Lipinski definition) is 2. The van der Waals surface area contributed by atoms with Gasteiger partial charge < -0.3 is 10.4 Å². The Bertz CT molecular complexity index is 752. The number of carboxylic acids is 1. The number of amides is 1. The van der Waals surface area contributed by atoms with Gasteiger partial charge in [0.25, 0.3) is 5.91 Å². The van der Waals surface area contributed by atoms with Gasteiger partial charge in [-0.05, 0) is 60.6 Å². The van der Waals surface area contributed by atoms with Crippen LogP contribution < -0.4 is 5.32 Å². The van der Waals surface area contributed by atoms with E-state index in [0.717, 1.165) is 12.8 Å². The van der Waals surface area contributed by atoms with E-state index in [0.29, 0.717) is 16.8 Å². The van der Waals surface area contributed by atoms with Gasteiger partial charge in [-0.2, -0.15) is 0 Å². The number of aliphatic carboxylic acids is 1. The number of carboxylic acid groups (broad SMARTS) is 1. The highest BCUT2D eigenvalue weighted by atomic mass is 16.4. The van der Waals surface area contributed by atoms with Crippen molar-refractivity contribution < 1.29 is 14.7 Å². The van der Waals surface area contributed by atoms with E-state index in [1.165, 1.54) is 24.0 Å². The molecule has 23 heavy (non-hydrogen) atoms. The summed E-state index contributed by atoms with van der Waals surface area (Å²) < 4.78 is 0. The lowest BCUT2D eigenvalue weighted by Crippen LogP contribution is -2.15. The molecule has 0 spiro atoms. The third kappa shape index (κ3) is 3.59. The van der Waals surface area contributed by atoms with Gasteiger partial charge >= 0.3 is 5.97 Å². The van der Waals surface area contributed by atoms with Crippen molar-refractivity contribution in [1.29, 1.82) is 0 Å². The Labute approximate surface area is 135 Å². The second kappa shape index (κ2) is 6.65. The summed E-state index contributed by atoms with van der Waals surface area (Å²) >= 11 is 0. The minimum absolute atomic E-state index is 0.110. The standard InChI is InChI=1S/C19H19NO3/c21-18(22)12-15-7-3-4-8-17(15)20-19(23)16-10-9-13-5-1-2-6-14(13)11-16/h3-4,7-11H,1-2,5-6,12H2,(H,20,23)(H,21,22). The van der Waals surface area contributed by atoms with E-state index in [4.69, 9.17) is 5.11 Å². The van der Waals surface area contributed by atoms with Crippen LogP contribution >= 0.6 is 0 Å². The zero-order valence-corrected chi connectivity index (χ0v) is 12.8. The van der Waals surface area contributed by atoms with Crippen LogP contribution in [0.25, 0.3) is 0 Å². The van der Waals surface area contributed by atoms with Gasteiger partial charge in [0, 0.05) is 11.3 Å². The number of aryl methyl sites for hydroxylation is 2. The van der Waals surface area contributed by atoms with Crippen molar-refractivity contribution in [2.45, 2.75) is 32.1 Å². The third-order valence-electron chi connectivity index (χ3n) is 4.22. The van der Waals surface area contributed by atoms with Crippen molar-refractivity contribution in [2.75, 3.05) is 5.32 Å². The molecule has 2 N–H and O–H groups in total. The molecule has 0 aromatic heterocycles. The van der Waals surface area contributed by atoms with Gasteiger partial charge in [0.15, 0.2) is 0 Å². The Morgan fingerprint density at radius 3 is 2.52 bits per heavy atom. The van der Waals surface area contributed by atoms with Gasteiger partial charge in [0.1, 0.15) is 0 Å². The molecule has 0 unspecified atom stereocenters. The molecular weight excluding hydrogens is 290 g/mol. The summed E-state index contributed by atoms with van der Waals surface area (Å²) in [6.45, 7) is 0. The summed E-state index contributed by atoms with van der Waals surface area (Å²) in [5, 5.41) is 11.8. The molecule has 0 heterocycles. The molecule has 1 aliphatic rings. The van der Waals surface area contributed by atoms with Crippen LogP contribution in [0.5, 0.6) is 0 Å². The molecule has 1 amide bonds. The fourth-order valence-corrected chi connectivity index (χ4v) is 3.03. The van der Waals surface area contributed by atoms with Gasteiger partial charge in [0.05, 0.1) is 6.42 Å². The molecule has 3 rings (SSSR count). The molecule has 0 bridgehead atoms. The van der Waals surface area contributed by atoms with E-state index in [2.05, 4.69) is 5.32 Å². The number of carbonyl (C=O) groups excluding carboxylic acids is 1. The number of anilines is 1. The smallest absolute Gasteiger partial charge is 0.307 e. The maximum absolute atomic E-state index is 12.5. The highest BCUT2D eigenvalue weighted by molar-refractivity contribution is 6.05. The average Bonchev–Trinajstić information content (AvgIpc) is 2.55. The van der Waals surface area contributed by atoms with Crippen molar-refractivity contribution in [1.82, 2.24) is 0 Å². The van der Waals surface area contributed by atoms with Crippen LogP contribution in [0, 0.1) is 0 Å². The van der Waals surface area contributed by atoms with Crippen LogP contribution in [0.3, 0.4) is 0 Å². The van der Waals surface area contributed by atoms with Gasteiger partial charge in [-0.15, -0.1) is 0 Å². The Hall–Kier alpha value is -2.62.